The minimum absolute atomic E-state index is 0.507. The third kappa shape index (κ3) is 1.73. The molecule has 0 saturated carbocycles. The van der Waals surface area contributed by atoms with E-state index in [0.29, 0.717) is 0 Å². The highest BCUT2D eigenvalue weighted by atomic mass is 19.1. The molecule has 2 N–H and O–H groups in total. The Kier molecular flexibility index (Phi) is 2.99. The summed E-state index contributed by atoms with van der Waals surface area (Å²) in [6, 6.07) is 1.45. The van der Waals surface area contributed by atoms with E-state index in [1.165, 1.54) is 18.5 Å². The molecule has 0 spiro atoms. The number of ether oxygens (including phenoxy) is 1. The molecule has 1 saturated heterocycles. The Balaban J connectivity index is 2.30. The number of hydrogen-bond donors (Lipinski definition) is 2. The molecule has 0 aliphatic carbocycles. The summed E-state index contributed by atoms with van der Waals surface area (Å²) in [6.07, 6.45) is -2.87. The summed E-state index contributed by atoms with van der Waals surface area (Å²) in [5.74, 6) is 0. The Labute approximate surface area is 89.9 Å². The van der Waals surface area contributed by atoms with Crippen molar-refractivity contribution >= 4 is 0 Å². The summed E-state index contributed by atoms with van der Waals surface area (Å²) in [7, 11) is 0. The fourth-order valence-electron chi connectivity index (χ4n) is 1.64. The van der Waals surface area contributed by atoms with Crippen LogP contribution in [0.3, 0.4) is 0 Å². The van der Waals surface area contributed by atoms with Gasteiger partial charge in [-0.1, -0.05) is 0 Å². The molecule has 1 aliphatic heterocycles. The molecule has 2 heterocycles. The van der Waals surface area contributed by atoms with Gasteiger partial charge in [-0.3, -0.25) is 4.57 Å². The van der Waals surface area contributed by atoms with Crippen molar-refractivity contribution < 1.29 is 19.3 Å². The average molecular weight is 230 g/mol. The largest absolute Gasteiger partial charge is 0.394 e. The van der Waals surface area contributed by atoms with Crippen LogP contribution in [0.1, 0.15) is 6.23 Å². The first-order valence-corrected chi connectivity index (χ1v) is 4.76. The SMILES string of the molecule is O=c1ncccn1[C@@H]1O[C@H](CO)[C@@H](O)[C@H]1F. The van der Waals surface area contributed by atoms with E-state index in [0.717, 1.165) is 4.57 Å². The van der Waals surface area contributed by atoms with E-state index in [9.17, 15) is 14.3 Å². The van der Waals surface area contributed by atoms with Gasteiger partial charge >= 0.3 is 5.69 Å². The van der Waals surface area contributed by atoms with Crippen LogP contribution in [0, 0.1) is 0 Å². The highest BCUT2D eigenvalue weighted by molar-refractivity contribution is 4.92. The molecular formula is C9H11FN2O4. The first-order chi connectivity index (χ1) is 7.65. The topological polar surface area (TPSA) is 84.6 Å². The molecule has 1 aromatic heterocycles. The van der Waals surface area contributed by atoms with Gasteiger partial charge in [-0.15, -0.1) is 0 Å². The molecule has 88 valence electrons. The van der Waals surface area contributed by atoms with Crippen molar-refractivity contribution in [3.8, 4) is 0 Å². The number of aliphatic hydroxyl groups is 2. The van der Waals surface area contributed by atoms with Crippen molar-refractivity contribution in [2.24, 2.45) is 0 Å². The summed E-state index contributed by atoms with van der Waals surface area (Å²) >= 11 is 0. The Morgan fingerprint density at radius 1 is 1.62 bits per heavy atom. The van der Waals surface area contributed by atoms with Crippen LogP contribution in [-0.2, 0) is 4.74 Å². The van der Waals surface area contributed by atoms with Crippen molar-refractivity contribution in [3.63, 3.8) is 0 Å². The van der Waals surface area contributed by atoms with Crippen molar-refractivity contribution in [2.45, 2.75) is 24.6 Å². The van der Waals surface area contributed by atoms with Crippen molar-refractivity contribution in [3.05, 3.63) is 28.9 Å². The molecule has 1 fully saturated rings. The summed E-state index contributed by atoms with van der Waals surface area (Å²) in [6.45, 7) is -0.507. The van der Waals surface area contributed by atoms with Gasteiger partial charge in [0, 0.05) is 12.4 Å². The minimum atomic E-state index is -1.76. The number of hydrogen-bond acceptors (Lipinski definition) is 5. The van der Waals surface area contributed by atoms with Crippen molar-refractivity contribution in [2.75, 3.05) is 6.61 Å². The first-order valence-electron chi connectivity index (χ1n) is 4.76. The average Bonchev–Trinajstić information content (AvgIpc) is 2.57. The molecule has 0 unspecified atom stereocenters. The minimum Gasteiger partial charge on any atom is -0.394 e. The molecule has 2 rings (SSSR count). The third-order valence-electron chi connectivity index (χ3n) is 2.49. The zero-order chi connectivity index (χ0) is 11.7. The van der Waals surface area contributed by atoms with E-state index in [1.807, 2.05) is 0 Å². The molecule has 6 nitrogen and oxygen atoms in total. The maximum absolute atomic E-state index is 13.6. The van der Waals surface area contributed by atoms with E-state index in [-0.39, 0.29) is 0 Å². The maximum atomic E-state index is 13.6. The Morgan fingerprint density at radius 2 is 2.38 bits per heavy atom. The predicted molar refractivity (Wildman–Crippen MR) is 50.4 cm³/mol. The number of aromatic nitrogens is 2. The van der Waals surface area contributed by atoms with Crippen LogP contribution >= 0.6 is 0 Å². The highest BCUT2D eigenvalue weighted by Crippen LogP contribution is 2.30. The van der Waals surface area contributed by atoms with E-state index in [1.54, 1.807) is 0 Å². The van der Waals surface area contributed by atoms with Crippen LogP contribution in [0.15, 0.2) is 23.3 Å². The van der Waals surface area contributed by atoms with Crippen LogP contribution in [0.4, 0.5) is 4.39 Å². The molecule has 1 aliphatic rings. The van der Waals surface area contributed by atoms with E-state index < -0.39 is 36.9 Å². The molecule has 1 aromatic rings. The second-order valence-electron chi connectivity index (χ2n) is 3.49. The molecule has 0 bridgehead atoms. The molecule has 7 heteroatoms. The van der Waals surface area contributed by atoms with Gasteiger partial charge in [0.15, 0.2) is 12.4 Å². The number of nitrogens with zero attached hydrogens (tertiary/aromatic N) is 2. The molecule has 16 heavy (non-hydrogen) atoms. The van der Waals surface area contributed by atoms with Gasteiger partial charge in [-0.2, -0.15) is 0 Å². The standard InChI is InChI=1S/C9H11FN2O4/c10-6-7(14)5(4-13)16-8(6)12-3-1-2-11-9(12)15/h1-3,5-8,13-14H,4H2/t5-,6-,7-,8-/m1/s1. The summed E-state index contributed by atoms with van der Waals surface area (Å²) in [5.41, 5.74) is -0.666. The van der Waals surface area contributed by atoms with Gasteiger partial charge in [0.2, 0.25) is 0 Å². The zero-order valence-corrected chi connectivity index (χ0v) is 8.23. The van der Waals surface area contributed by atoms with Crippen LogP contribution in [-0.4, -0.2) is 44.8 Å². The lowest BCUT2D eigenvalue weighted by atomic mass is 10.1. The van der Waals surface area contributed by atoms with Crippen LogP contribution < -0.4 is 5.69 Å². The fraction of sp³-hybridized carbons (Fsp3) is 0.556. The summed E-state index contributed by atoms with van der Waals surface area (Å²) in [4.78, 5) is 14.8. The van der Waals surface area contributed by atoms with Gasteiger partial charge < -0.3 is 14.9 Å². The van der Waals surface area contributed by atoms with E-state index in [2.05, 4.69) is 4.98 Å². The lowest BCUT2D eigenvalue weighted by Gasteiger charge is -2.14. The van der Waals surface area contributed by atoms with Gasteiger partial charge in [-0.25, -0.2) is 14.2 Å². The number of rotatable bonds is 2. The smallest absolute Gasteiger partial charge is 0.349 e. The van der Waals surface area contributed by atoms with Crippen molar-refractivity contribution in [1.29, 1.82) is 0 Å². The summed E-state index contributed by atoms with van der Waals surface area (Å²) < 4.78 is 19.6. The second-order valence-corrected chi connectivity index (χ2v) is 3.49. The van der Waals surface area contributed by atoms with Gasteiger partial charge in [0.05, 0.1) is 6.61 Å². The number of aliphatic hydroxyl groups excluding tert-OH is 2. The van der Waals surface area contributed by atoms with Crippen LogP contribution in [0.25, 0.3) is 0 Å². The van der Waals surface area contributed by atoms with Crippen molar-refractivity contribution in [1.82, 2.24) is 9.55 Å². The molecule has 4 atom stereocenters. The third-order valence-corrected chi connectivity index (χ3v) is 2.49. The fourth-order valence-corrected chi connectivity index (χ4v) is 1.64. The Bertz CT molecular complexity index is 424. The number of halogens is 1. The molecular weight excluding hydrogens is 219 g/mol. The van der Waals surface area contributed by atoms with E-state index in [4.69, 9.17) is 9.84 Å². The van der Waals surface area contributed by atoms with Crippen LogP contribution in [0.2, 0.25) is 0 Å². The molecule has 0 aromatic carbocycles. The lowest BCUT2D eigenvalue weighted by Crippen LogP contribution is -2.33. The predicted octanol–water partition coefficient (Wildman–Crippen LogP) is -1.17. The number of alkyl halides is 1. The Morgan fingerprint density at radius 3 is 2.94 bits per heavy atom. The van der Waals surface area contributed by atoms with Gasteiger partial charge in [0.25, 0.3) is 0 Å². The Hall–Kier alpha value is -1.31. The molecule has 0 amide bonds. The summed E-state index contributed by atoms with van der Waals surface area (Å²) in [5, 5.41) is 18.2. The highest BCUT2D eigenvalue weighted by Gasteiger charge is 2.45. The molecule has 0 radical (unpaired) electrons. The quantitative estimate of drug-likeness (QED) is 0.669. The first kappa shape index (κ1) is 11.2. The van der Waals surface area contributed by atoms with Gasteiger partial charge in [-0.05, 0) is 6.07 Å². The monoisotopic (exact) mass is 230 g/mol. The second kappa shape index (κ2) is 4.28. The van der Waals surface area contributed by atoms with Gasteiger partial charge in [0.1, 0.15) is 12.2 Å². The van der Waals surface area contributed by atoms with E-state index >= 15 is 0 Å². The lowest BCUT2D eigenvalue weighted by molar-refractivity contribution is -0.0491. The maximum Gasteiger partial charge on any atom is 0.349 e. The zero-order valence-electron chi connectivity index (χ0n) is 8.23. The van der Waals surface area contributed by atoms with Crippen LogP contribution in [0.5, 0.6) is 0 Å². The normalized spacial score (nSPS) is 34.2.